The number of thiophene rings is 1. The minimum absolute atomic E-state index is 0.0818. The number of hydrogen-bond donors (Lipinski definition) is 3. The average Bonchev–Trinajstić information content (AvgIpc) is 3.44. The second-order valence-corrected chi connectivity index (χ2v) is 11.2. The van der Waals surface area contributed by atoms with Gasteiger partial charge < -0.3 is 16.0 Å². The van der Waals surface area contributed by atoms with Crippen molar-refractivity contribution < 1.29 is 14.4 Å². The van der Waals surface area contributed by atoms with Crippen molar-refractivity contribution >= 4 is 58.3 Å². The largest absolute Gasteiger partial charge is 0.325 e. The highest BCUT2D eigenvalue weighted by molar-refractivity contribution is 8.00. The lowest BCUT2D eigenvalue weighted by Crippen LogP contribution is -2.30. The minimum Gasteiger partial charge on any atom is -0.325 e. The molecule has 0 aliphatic heterocycles. The zero-order valence-electron chi connectivity index (χ0n) is 21.9. The highest BCUT2D eigenvalue weighted by atomic mass is 32.2. The highest BCUT2D eigenvalue weighted by Gasteiger charge is 2.17. The zero-order chi connectivity index (χ0) is 27.8. The molecule has 0 spiro atoms. The topological polar surface area (TPSA) is 87.3 Å². The summed E-state index contributed by atoms with van der Waals surface area (Å²) in [5.41, 5.74) is 4.96. The fraction of sp³-hybridized carbons (Fsp3) is 0.129. The first-order valence-electron chi connectivity index (χ1n) is 12.3. The number of thioether (sulfide) groups is 1. The van der Waals surface area contributed by atoms with Gasteiger partial charge in [-0.05, 0) is 97.3 Å². The molecule has 0 aliphatic carbocycles. The van der Waals surface area contributed by atoms with Gasteiger partial charge in [-0.3, -0.25) is 14.4 Å². The number of anilines is 2. The second kappa shape index (κ2) is 13.1. The molecule has 3 aromatic carbocycles. The van der Waals surface area contributed by atoms with Gasteiger partial charge in [0.15, 0.2) is 0 Å². The van der Waals surface area contributed by atoms with Crippen LogP contribution < -0.4 is 16.0 Å². The van der Waals surface area contributed by atoms with Crippen LogP contribution in [0.2, 0.25) is 0 Å². The maximum Gasteiger partial charge on any atom is 0.272 e. The number of hydrogen-bond acceptors (Lipinski definition) is 5. The van der Waals surface area contributed by atoms with Crippen molar-refractivity contribution in [3.8, 4) is 0 Å². The molecule has 1 heterocycles. The van der Waals surface area contributed by atoms with Crippen LogP contribution in [0.25, 0.3) is 6.08 Å². The molecule has 0 aliphatic rings. The van der Waals surface area contributed by atoms with Gasteiger partial charge in [0, 0.05) is 21.8 Å². The average molecular weight is 556 g/mol. The number of carbonyl (C=O) groups excluding carboxylic acids is 3. The summed E-state index contributed by atoms with van der Waals surface area (Å²) in [4.78, 5) is 39.5. The lowest BCUT2D eigenvalue weighted by Gasteiger charge is -2.14. The first-order chi connectivity index (χ1) is 18.8. The van der Waals surface area contributed by atoms with Crippen molar-refractivity contribution in [3.05, 3.63) is 118 Å². The van der Waals surface area contributed by atoms with Gasteiger partial charge in [0.25, 0.3) is 11.8 Å². The number of carbonyl (C=O) groups is 3. The molecule has 4 rings (SSSR count). The Bertz CT molecular complexity index is 1480. The van der Waals surface area contributed by atoms with Gasteiger partial charge in [-0.25, -0.2) is 0 Å². The van der Waals surface area contributed by atoms with E-state index in [-0.39, 0.29) is 22.8 Å². The van der Waals surface area contributed by atoms with Crippen molar-refractivity contribution in [1.29, 1.82) is 0 Å². The monoisotopic (exact) mass is 555 g/mol. The van der Waals surface area contributed by atoms with E-state index in [1.165, 1.54) is 23.1 Å². The molecule has 0 saturated heterocycles. The van der Waals surface area contributed by atoms with Crippen LogP contribution in [0, 0.1) is 13.8 Å². The highest BCUT2D eigenvalue weighted by Crippen LogP contribution is 2.26. The summed E-state index contributed by atoms with van der Waals surface area (Å²) in [6.07, 6.45) is 1.65. The molecule has 0 saturated carbocycles. The predicted octanol–water partition coefficient (Wildman–Crippen LogP) is 6.89. The first kappa shape index (κ1) is 27.9. The molecule has 39 heavy (non-hydrogen) atoms. The third-order valence-corrected chi connectivity index (χ3v) is 7.63. The Balaban J connectivity index is 1.39. The standard InChI is InChI=1S/C31H29N3O3S2/c1-20-9-14-27(21(2)17-20)33-29(35)22(3)39-26-12-10-25(11-13-26)32-31(37)28(18-23-15-16-38-19-23)34-30(36)24-7-5-4-6-8-24/h4-19,22H,1-3H3,(H,32,37)(H,33,35)(H,34,36)/b28-18-. The normalized spacial score (nSPS) is 11.9. The van der Waals surface area contributed by atoms with E-state index in [0.717, 1.165) is 27.3 Å². The molecular formula is C31H29N3O3S2. The molecule has 198 valence electrons. The quantitative estimate of drug-likeness (QED) is 0.155. The Morgan fingerprint density at radius 1 is 0.897 bits per heavy atom. The smallest absolute Gasteiger partial charge is 0.272 e. The van der Waals surface area contributed by atoms with Gasteiger partial charge in [-0.2, -0.15) is 11.3 Å². The van der Waals surface area contributed by atoms with Crippen LogP contribution in [-0.2, 0) is 9.59 Å². The van der Waals surface area contributed by atoms with E-state index in [1.54, 1.807) is 42.5 Å². The first-order valence-corrected chi connectivity index (χ1v) is 14.2. The molecule has 0 fully saturated rings. The van der Waals surface area contributed by atoms with Crippen LogP contribution in [-0.4, -0.2) is 23.0 Å². The fourth-order valence-corrected chi connectivity index (χ4v) is 5.21. The second-order valence-electron chi connectivity index (χ2n) is 8.98. The van der Waals surface area contributed by atoms with E-state index in [9.17, 15) is 14.4 Å². The van der Waals surface area contributed by atoms with Gasteiger partial charge in [0.05, 0.1) is 5.25 Å². The summed E-state index contributed by atoms with van der Waals surface area (Å²) in [5.74, 6) is -0.888. The van der Waals surface area contributed by atoms with Crippen LogP contribution in [0.3, 0.4) is 0 Å². The SMILES string of the molecule is Cc1ccc(NC(=O)C(C)Sc2ccc(NC(=O)/C(=C/c3ccsc3)NC(=O)c3ccccc3)cc2)c(C)c1. The van der Waals surface area contributed by atoms with Gasteiger partial charge in [0.1, 0.15) is 5.70 Å². The van der Waals surface area contributed by atoms with Gasteiger partial charge in [-0.15, -0.1) is 11.8 Å². The molecule has 1 aromatic heterocycles. The molecule has 6 nitrogen and oxygen atoms in total. The van der Waals surface area contributed by atoms with Gasteiger partial charge >= 0.3 is 0 Å². The summed E-state index contributed by atoms with van der Waals surface area (Å²) in [5, 5.41) is 12.1. The van der Waals surface area contributed by atoms with Crippen molar-refractivity contribution in [2.24, 2.45) is 0 Å². The van der Waals surface area contributed by atoms with Gasteiger partial charge in [0.2, 0.25) is 5.91 Å². The van der Waals surface area contributed by atoms with E-state index in [0.29, 0.717) is 11.3 Å². The molecule has 0 radical (unpaired) electrons. The maximum absolute atomic E-state index is 13.1. The summed E-state index contributed by atoms with van der Waals surface area (Å²) in [6, 6.07) is 23.8. The molecule has 1 unspecified atom stereocenters. The molecule has 1 atom stereocenters. The molecule has 4 aromatic rings. The van der Waals surface area contributed by atoms with Crippen LogP contribution in [0.4, 0.5) is 11.4 Å². The molecule has 8 heteroatoms. The third kappa shape index (κ3) is 7.92. The van der Waals surface area contributed by atoms with E-state index < -0.39 is 5.91 Å². The lowest BCUT2D eigenvalue weighted by atomic mass is 10.1. The van der Waals surface area contributed by atoms with E-state index in [1.807, 2.05) is 74.0 Å². The molecule has 3 N–H and O–H groups in total. The number of benzene rings is 3. The summed E-state index contributed by atoms with van der Waals surface area (Å²) in [6.45, 7) is 5.85. The van der Waals surface area contributed by atoms with Crippen molar-refractivity contribution in [1.82, 2.24) is 5.32 Å². The van der Waals surface area contributed by atoms with E-state index in [2.05, 4.69) is 16.0 Å². The molecule has 0 bridgehead atoms. The number of nitrogens with one attached hydrogen (secondary N) is 3. The maximum atomic E-state index is 13.1. The minimum atomic E-state index is -0.438. The van der Waals surface area contributed by atoms with Crippen LogP contribution in [0.15, 0.2) is 100 Å². The number of rotatable bonds is 9. The van der Waals surface area contributed by atoms with Crippen molar-refractivity contribution in [3.63, 3.8) is 0 Å². The van der Waals surface area contributed by atoms with Crippen LogP contribution in [0.5, 0.6) is 0 Å². The van der Waals surface area contributed by atoms with Gasteiger partial charge in [-0.1, -0.05) is 35.9 Å². The van der Waals surface area contributed by atoms with Crippen LogP contribution in [0.1, 0.15) is 34.0 Å². The summed E-state index contributed by atoms with van der Waals surface area (Å²) >= 11 is 2.93. The Morgan fingerprint density at radius 2 is 1.64 bits per heavy atom. The Kier molecular flexibility index (Phi) is 9.35. The fourth-order valence-electron chi connectivity index (χ4n) is 3.73. The number of aryl methyl sites for hydroxylation is 2. The van der Waals surface area contributed by atoms with E-state index in [4.69, 9.17) is 0 Å². The Morgan fingerprint density at radius 3 is 2.31 bits per heavy atom. The van der Waals surface area contributed by atoms with Crippen molar-refractivity contribution in [2.75, 3.05) is 10.6 Å². The summed E-state index contributed by atoms with van der Waals surface area (Å²) < 4.78 is 0. The molecular weight excluding hydrogens is 526 g/mol. The lowest BCUT2D eigenvalue weighted by molar-refractivity contribution is -0.115. The van der Waals surface area contributed by atoms with Crippen molar-refractivity contribution in [2.45, 2.75) is 30.9 Å². The summed E-state index contributed by atoms with van der Waals surface area (Å²) in [7, 11) is 0. The number of amides is 3. The molecule has 3 amide bonds. The van der Waals surface area contributed by atoms with E-state index >= 15 is 0 Å². The Hall–Kier alpha value is -4.14. The van der Waals surface area contributed by atoms with Crippen LogP contribution >= 0.6 is 23.1 Å². The third-order valence-electron chi connectivity index (χ3n) is 5.82. The zero-order valence-corrected chi connectivity index (χ0v) is 23.5. The predicted molar refractivity (Wildman–Crippen MR) is 161 cm³/mol. The Labute approximate surface area is 236 Å².